The van der Waals surface area contributed by atoms with E-state index in [4.69, 9.17) is 0 Å². The third-order valence-electron chi connectivity index (χ3n) is 3.79. The van der Waals surface area contributed by atoms with E-state index >= 15 is 0 Å². The Bertz CT molecular complexity index is 495. The molecule has 0 aromatic heterocycles. The Labute approximate surface area is 143 Å². The van der Waals surface area contributed by atoms with Crippen molar-refractivity contribution in [2.45, 2.75) is 31.7 Å². The fourth-order valence-corrected chi connectivity index (χ4v) is 2.79. The first-order valence-electron chi connectivity index (χ1n) is 7.42. The van der Waals surface area contributed by atoms with E-state index in [-0.39, 0.29) is 24.6 Å². The highest BCUT2D eigenvalue weighted by atomic mass is 35.5. The number of hydrogen-bond donors (Lipinski definition) is 1. The zero-order valence-corrected chi connectivity index (χ0v) is 13.7. The number of nitrogens with zero attached hydrogens (tertiary/aromatic N) is 1. The lowest BCUT2D eigenvalue weighted by Crippen LogP contribution is -2.45. The molecule has 0 unspecified atom stereocenters. The number of alkyl halides is 5. The minimum absolute atomic E-state index is 0. The predicted octanol–water partition coefficient (Wildman–Crippen LogP) is 4.00. The molecule has 9 heteroatoms. The van der Waals surface area contributed by atoms with Crippen LogP contribution in [0.15, 0.2) is 24.3 Å². The summed E-state index contributed by atoms with van der Waals surface area (Å²) in [5.41, 5.74) is 0.374. The van der Waals surface area contributed by atoms with Crippen molar-refractivity contribution in [1.29, 1.82) is 0 Å². The van der Waals surface area contributed by atoms with Crippen LogP contribution in [-0.4, -0.2) is 43.9 Å². The molecule has 0 saturated carbocycles. The normalized spacial score (nSPS) is 17.4. The largest absolute Gasteiger partial charge is 0.434 e. The lowest BCUT2D eigenvalue weighted by molar-refractivity contribution is -0.138. The van der Waals surface area contributed by atoms with E-state index in [0.717, 1.165) is 0 Å². The number of piperazine rings is 1. The van der Waals surface area contributed by atoms with Crippen molar-refractivity contribution in [2.75, 3.05) is 26.2 Å². The summed E-state index contributed by atoms with van der Waals surface area (Å²) in [7, 11) is 0. The molecule has 138 valence electrons. The first-order valence-corrected chi connectivity index (χ1v) is 7.42. The fraction of sp³-hybridized carbons (Fsp3) is 0.600. The maximum atomic E-state index is 12.6. The third kappa shape index (κ3) is 6.41. The second-order valence-electron chi connectivity index (χ2n) is 5.37. The summed E-state index contributed by atoms with van der Waals surface area (Å²) in [6, 6.07) is 5.47. The molecule has 1 fully saturated rings. The maximum Gasteiger partial charge on any atom is 0.389 e. The molecule has 1 aromatic carbocycles. The van der Waals surface area contributed by atoms with Gasteiger partial charge < -0.3 is 10.1 Å². The lowest BCUT2D eigenvalue weighted by Gasteiger charge is -2.36. The molecule has 1 aliphatic heterocycles. The smallest absolute Gasteiger partial charge is 0.389 e. The monoisotopic (exact) mass is 374 g/mol. The molecular formula is C15H20ClF5N2O. The standard InChI is InChI=1S/C15H19F5N2O.ClH/c16-14(17)23-13-4-2-1-3-11(13)12(5-6-15(18,19)20)22-9-7-21-8-10-22;/h1-4,12,14,21H,5-10H2;1H/t12-;/m0./s1. The third-order valence-corrected chi connectivity index (χ3v) is 3.79. The van der Waals surface area contributed by atoms with E-state index in [1.165, 1.54) is 12.1 Å². The highest BCUT2D eigenvalue weighted by molar-refractivity contribution is 5.85. The molecule has 0 radical (unpaired) electrons. The molecule has 1 heterocycles. The van der Waals surface area contributed by atoms with Gasteiger partial charge in [0.15, 0.2) is 0 Å². The van der Waals surface area contributed by atoms with Crippen LogP contribution in [0.25, 0.3) is 0 Å². The van der Waals surface area contributed by atoms with Crippen molar-refractivity contribution in [3.63, 3.8) is 0 Å². The maximum absolute atomic E-state index is 12.6. The van der Waals surface area contributed by atoms with Crippen LogP contribution in [0.3, 0.4) is 0 Å². The van der Waals surface area contributed by atoms with Gasteiger partial charge in [-0.3, -0.25) is 4.90 Å². The Balaban J connectivity index is 0.00000288. The summed E-state index contributed by atoms with van der Waals surface area (Å²) in [5, 5.41) is 3.13. The van der Waals surface area contributed by atoms with E-state index in [2.05, 4.69) is 10.1 Å². The van der Waals surface area contributed by atoms with Gasteiger partial charge in [0.25, 0.3) is 0 Å². The van der Waals surface area contributed by atoms with Crippen LogP contribution in [0.4, 0.5) is 22.0 Å². The van der Waals surface area contributed by atoms with Crippen LogP contribution in [0.5, 0.6) is 5.75 Å². The Morgan fingerprint density at radius 2 is 1.75 bits per heavy atom. The molecule has 0 bridgehead atoms. The number of para-hydroxylation sites is 1. The summed E-state index contributed by atoms with van der Waals surface area (Å²) < 4.78 is 67.5. The molecule has 1 N–H and O–H groups in total. The average molecular weight is 375 g/mol. The van der Waals surface area contributed by atoms with Crippen LogP contribution >= 0.6 is 12.4 Å². The van der Waals surface area contributed by atoms with Crippen molar-refractivity contribution in [3.05, 3.63) is 29.8 Å². The van der Waals surface area contributed by atoms with Crippen LogP contribution in [0.2, 0.25) is 0 Å². The van der Waals surface area contributed by atoms with Gasteiger partial charge in [0.2, 0.25) is 0 Å². The van der Waals surface area contributed by atoms with Gasteiger partial charge in [0, 0.05) is 44.2 Å². The lowest BCUT2D eigenvalue weighted by atomic mass is 9.98. The Kier molecular flexibility index (Phi) is 8.18. The van der Waals surface area contributed by atoms with E-state index in [0.29, 0.717) is 31.7 Å². The van der Waals surface area contributed by atoms with Gasteiger partial charge in [-0.15, -0.1) is 12.4 Å². The van der Waals surface area contributed by atoms with E-state index in [9.17, 15) is 22.0 Å². The summed E-state index contributed by atoms with van der Waals surface area (Å²) in [6.07, 6.45) is -5.44. The molecule has 1 saturated heterocycles. The summed E-state index contributed by atoms with van der Waals surface area (Å²) in [4.78, 5) is 1.88. The quantitative estimate of drug-likeness (QED) is 0.762. The van der Waals surface area contributed by atoms with E-state index in [1.54, 1.807) is 12.1 Å². The molecule has 1 atom stereocenters. The van der Waals surface area contributed by atoms with Crippen molar-refractivity contribution in [2.24, 2.45) is 0 Å². The number of nitrogens with one attached hydrogen (secondary N) is 1. The molecule has 0 aliphatic carbocycles. The van der Waals surface area contributed by atoms with Crippen LogP contribution in [0.1, 0.15) is 24.4 Å². The topological polar surface area (TPSA) is 24.5 Å². The van der Waals surface area contributed by atoms with Crippen molar-refractivity contribution < 1.29 is 26.7 Å². The molecule has 0 amide bonds. The number of halogens is 6. The van der Waals surface area contributed by atoms with Crippen LogP contribution in [-0.2, 0) is 0 Å². The molecule has 0 spiro atoms. The summed E-state index contributed by atoms with van der Waals surface area (Å²) >= 11 is 0. The molecule has 1 aliphatic rings. The summed E-state index contributed by atoms with van der Waals surface area (Å²) in [5.74, 6) is -0.0618. The number of ether oxygens (including phenoxy) is 1. The zero-order chi connectivity index (χ0) is 16.9. The molecule has 1 aromatic rings. The second kappa shape index (κ2) is 9.39. The Morgan fingerprint density at radius 1 is 1.12 bits per heavy atom. The highest BCUT2D eigenvalue weighted by Gasteiger charge is 2.32. The van der Waals surface area contributed by atoms with Gasteiger partial charge in [0.1, 0.15) is 5.75 Å². The van der Waals surface area contributed by atoms with E-state index < -0.39 is 25.3 Å². The minimum atomic E-state index is -4.29. The number of benzene rings is 1. The predicted molar refractivity (Wildman–Crippen MR) is 82.8 cm³/mol. The molecular weight excluding hydrogens is 355 g/mol. The van der Waals surface area contributed by atoms with Crippen LogP contribution < -0.4 is 10.1 Å². The van der Waals surface area contributed by atoms with Crippen molar-refractivity contribution >= 4 is 12.4 Å². The fourth-order valence-electron chi connectivity index (χ4n) is 2.79. The molecule has 24 heavy (non-hydrogen) atoms. The Morgan fingerprint density at radius 3 is 2.33 bits per heavy atom. The van der Waals surface area contributed by atoms with Gasteiger partial charge in [-0.2, -0.15) is 22.0 Å². The number of hydrogen-bond acceptors (Lipinski definition) is 3. The second-order valence-corrected chi connectivity index (χ2v) is 5.37. The van der Waals surface area contributed by atoms with Crippen molar-refractivity contribution in [3.8, 4) is 5.75 Å². The highest BCUT2D eigenvalue weighted by Crippen LogP contribution is 2.36. The van der Waals surface area contributed by atoms with Gasteiger partial charge in [-0.1, -0.05) is 18.2 Å². The van der Waals surface area contributed by atoms with Crippen molar-refractivity contribution in [1.82, 2.24) is 10.2 Å². The molecule has 2 rings (SSSR count). The SMILES string of the molecule is Cl.FC(F)Oc1ccccc1[C@H](CCC(F)(F)F)N1CCNCC1. The van der Waals surface area contributed by atoms with E-state index in [1.807, 2.05) is 4.90 Å². The number of rotatable bonds is 6. The first kappa shape index (κ1) is 20.9. The minimum Gasteiger partial charge on any atom is -0.434 e. The van der Waals surface area contributed by atoms with Gasteiger partial charge >= 0.3 is 12.8 Å². The zero-order valence-electron chi connectivity index (χ0n) is 12.9. The first-order chi connectivity index (χ1) is 10.9. The van der Waals surface area contributed by atoms with Gasteiger partial charge in [0.05, 0.1) is 0 Å². The van der Waals surface area contributed by atoms with Gasteiger partial charge in [-0.25, -0.2) is 0 Å². The Hall–Kier alpha value is -1.12. The summed E-state index contributed by atoms with van der Waals surface area (Å²) in [6.45, 7) is -0.583. The van der Waals surface area contributed by atoms with Gasteiger partial charge in [-0.05, 0) is 12.5 Å². The average Bonchev–Trinajstić information content (AvgIpc) is 2.48. The molecule has 3 nitrogen and oxygen atoms in total. The van der Waals surface area contributed by atoms with Crippen LogP contribution in [0, 0.1) is 0 Å².